The van der Waals surface area contributed by atoms with Crippen molar-refractivity contribution in [2.75, 3.05) is 19.8 Å². The summed E-state index contributed by atoms with van der Waals surface area (Å²) in [5.41, 5.74) is 1.97. The van der Waals surface area contributed by atoms with E-state index in [4.69, 9.17) is 9.15 Å². The molecule has 4 aromatic rings. The lowest BCUT2D eigenvalue weighted by molar-refractivity contribution is -0.00343. The summed E-state index contributed by atoms with van der Waals surface area (Å²) in [4.78, 5) is 20.6. The topological polar surface area (TPSA) is 81.4 Å². The second-order valence-corrected chi connectivity index (χ2v) is 8.92. The van der Waals surface area contributed by atoms with Crippen molar-refractivity contribution in [2.24, 2.45) is 0 Å². The Balaban J connectivity index is 1.39. The number of halogens is 1. The molecule has 0 spiro atoms. The van der Waals surface area contributed by atoms with E-state index < -0.39 is 0 Å². The number of hydrogen-bond acceptors (Lipinski definition) is 7. The molecular formula is C24H21FN4O3S. The molecule has 1 fully saturated rings. The maximum absolute atomic E-state index is 13.6. The number of thiazole rings is 1. The van der Waals surface area contributed by atoms with Crippen LogP contribution in [0, 0.1) is 12.7 Å². The monoisotopic (exact) mass is 464 g/mol. The minimum atomic E-state index is -0.324. The first-order chi connectivity index (χ1) is 16.1. The van der Waals surface area contributed by atoms with Gasteiger partial charge in [-0.05, 0) is 36.8 Å². The first kappa shape index (κ1) is 21.4. The zero-order chi connectivity index (χ0) is 22.8. The van der Waals surface area contributed by atoms with Gasteiger partial charge in [-0.15, -0.1) is 21.5 Å². The quantitative estimate of drug-likeness (QED) is 0.436. The average molecular weight is 465 g/mol. The third kappa shape index (κ3) is 4.55. The zero-order valence-corrected chi connectivity index (χ0v) is 18.7. The molecule has 2 aromatic carbocycles. The van der Waals surface area contributed by atoms with Crippen molar-refractivity contribution in [1.29, 1.82) is 0 Å². The number of aryl methyl sites for hydroxylation is 1. The van der Waals surface area contributed by atoms with Crippen LogP contribution in [0.25, 0.3) is 21.9 Å². The van der Waals surface area contributed by atoms with Gasteiger partial charge < -0.3 is 14.1 Å². The number of carbonyl (C=O) groups is 1. The first-order valence-corrected chi connectivity index (χ1v) is 11.4. The summed E-state index contributed by atoms with van der Waals surface area (Å²) >= 11 is 1.42. The Bertz CT molecular complexity index is 1260. The second kappa shape index (κ2) is 9.21. The lowest BCUT2D eigenvalue weighted by Gasteiger charge is -2.34. The Hall–Kier alpha value is -3.43. The van der Waals surface area contributed by atoms with E-state index in [0.29, 0.717) is 43.7 Å². The van der Waals surface area contributed by atoms with Crippen LogP contribution in [-0.4, -0.2) is 51.8 Å². The molecule has 0 aliphatic carbocycles. The first-order valence-electron chi connectivity index (χ1n) is 10.6. The van der Waals surface area contributed by atoms with Gasteiger partial charge in [-0.25, -0.2) is 9.37 Å². The van der Waals surface area contributed by atoms with E-state index in [1.807, 2.05) is 37.3 Å². The average Bonchev–Trinajstić information content (AvgIpc) is 3.47. The molecule has 0 radical (unpaired) electrons. The molecule has 0 N–H and O–H groups in total. The fourth-order valence-electron chi connectivity index (χ4n) is 3.83. The van der Waals surface area contributed by atoms with Crippen molar-refractivity contribution in [3.8, 4) is 21.9 Å². The minimum absolute atomic E-state index is 0.185. The molecule has 0 saturated carbocycles. The lowest BCUT2D eigenvalue weighted by atomic mass is 10.1. The molecule has 1 saturated heterocycles. The maximum Gasteiger partial charge on any atom is 0.274 e. The molecule has 7 nitrogen and oxygen atoms in total. The standard InChI is InChI=1S/C24H21FN4O3S/c1-15-26-21(22(33-15)16-7-9-18(25)10-8-16)24(30)29-11-12-31-14-19(29)13-20-27-28-23(32-20)17-5-3-2-4-6-17/h2-10,19H,11-14H2,1H3. The molecule has 3 heterocycles. The normalized spacial score (nSPS) is 16.2. The summed E-state index contributed by atoms with van der Waals surface area (Å²) in [6.45, 7) is 3.09. The third-order valence-corrected chi connectivity index (χ3v) is 6.45. The van der Waals surface area contributed by atoms with E-state index in [1.54, 1.807) is 17.0 Å². The fraction of sp³-hybridized carbons (Fsp3) is 0.250. The van der Waals surface area contributed by atoms with Gasteiger partial charge in [0.25, 0.3) is 5.91 Å². The predicted octanol–water partition coefficient (Wildman–Crippen LogP) is 4.39. The van der Waals surface area contributed by atoms with E-state index in [9.17, 15) is 9.18 Å². The molecule has 2 aromatic heterocycles. The number of hydrogen-bond donors (Lipinski definition) is 0. The number of benzene rings is 2. The highest BCUT2D eigenvalue weighted by atomic mass is 32.1. The molecule has 33 heavy (non-hydrogen) atoms. The molecule has 1 unspecified atom stereocenters. The minimum Gasteiger partial charge on any atom is -0.421 e. The zero-order valence-electron chi connectivity index (χ0n) is 17.9. The van der Waals surface area contributed by atoms with E-state index >= 15 is 0 Å². The van der Waals surface area contributed by atoms with Crippen LogP contribution >= 0.6 is 11.3 Å². The molecule has 168 valence electrons. The largest absolute Gasteiger partial charge is 0.421 e. The maximum atomic E-state index is 13.6. The van der Waals surface area contributed by atoms with Crippen molar-refractivity contribution in [1.82, 2.24) is 20.1 Å². The van der Waals surface area contributed by atoms with E-state index in [0.717, 1.165) is 21.0 Å². The van der Waals surface area contributed by atoms with E-state index in [1.165, 1.54) is 23.5 Å². The van der Waals surface area contributed by atoms with Crippen LogP contribution in [-0.2, 0) is 11.2 Å². The Morgan fingerprint density at radius 2 is 1.91 bits per heavy atom. The van der Waals surface area contributed by atoms with Crippen molar-refractivity contribution in [2.45, 2.75) is 19.4 Å². The van der Waals surface area contributed by atoms with Gasteiger partial charge in [0.1, 0.15) is 11.5 Å². The molecule has 1 amide bonds. The van der Waals surface area contributed by atoms with Gasteiger partial charge in [0.05, 0.1) is 29.1 Å². The van der Waals surface area contributed by atoms with Gasteiger partial charge in [0.2, 0.25) is 11.8 Å². The molecule has 9 heteroatoms. The van der Waals surface area contributed by atoms with Gasteiger partial charge in [0, 0.05) is 18.5 Å². The number of carbonyl (C=O) groups excluding carboxylic acids is 1. The molecular weight excluding hydrogens is 443 g/mol. The summed E-state index contributed by atoms with van der Waals surface area (Å²) < 4.78 is 24.9. The van der Waals surface area contributed by atoms with Crippen LogP contribution in [0.1, 0.15) is 21.4 Å². The van der Waals surface area contributed by atoms with Crippen molar-refractivity contribution in [3.63, 3.8) is 0 Å². The van der Waals surface area contributed by atoms with Crippen LogP contribution < -0.4 is 0 Å². The number of morpholine rings is 1. The number of aromatic nitrogens is 3. The Morgan fingerprint density at radius 3 is 2.70 bits per heavy atom. The van der Waals surface area contributed by atoms with Gasteiger partial charge in [-0.3, -0.25) is 4.79 Å². The van der Waals surface area contributed by atoms with Gasteiger partial charge in [0.15, 0.2) is 0 Å². The Morgan fingerprint density at radius 1 is 1.12 bits per heavy atom. The SMILES string of the molecule is Cc1nc(C(=O)N2CCOCC2Cc2nnc(-c3ccccc3)o2)c(-c2ccc(F)cc2)s1. The summed E-state index contributed by atoms with van der Waals surface area (Å²) in [6, 6.07) is 15.4. The summed E-state index contributed by atoms with van der Waals surface area (Å²) in [5.74, 6) is 0.370. The highest BCUT2D eigenvalue weighted by Crippen LogP contribution is 2.32. The smallest absolute Gasteiger partial charge is 0.274 e. The number of nitrogens with zero attached hydrogens (tertiary/aromatic N) is 4. The predicted molar refractivity (Wildman–Crippen MR) is 121 cm³/mol. The summed E-state index contributed by atoms with van der Waals surface area (Å²) in [6.07, 6.45) is 0.376. The van der Waals surface area contributed by atoms with Crippen LogP contribution in [0.5, 0.6) is 0 Å². The Kier molecular flexibility index (Phi) is 5.97. The Labute approximate surface area is 193 Å². The number of amides is 1. The van der Waals surface area contributed by atoms with Crippen LogP contribution in [0.4, 0.5) is 4.39 Å². The highest BCUT2D eigenvalue weighted by molar-refractivity contribution is 7.15. The lowest BCUT2D eigenvalue weighted by Crippen LogP contribution is -2.50. The highest BCUT2D eigenvalue weighted by Gasteiger charge is 2.32. The third-order valence-electron chi connectivity index (χ3n) is 5.43. The summed E-state index contributed by atoms with van der Waals surface area (Å²) in [5, 5.41) is 9.08. The van der Waals surface area contributed by atoms with Gasteiger partial charge in [-0.2, -0.15) is 0 Å². The summed E-state index contributed by atoms with van der Waals surface area (Å²) in [7, 11) is 0. The van der Waals surface area contributed by atoms with Crippen molar-refractivity contribution in [3.05, 3.63) is 77.0 Å². The molecule has 1 aliphatic heterocycles. The molecule has 5 rings (SSSR count). The fourth-order valence-corrected chi connectivity index (χ4v) is 4.75. The molecule has 1 atom stereocenters. The van der Waals surface area contributed by atoms with Crippen LogP contribution in [0.15, 0.2) is 59.0 Å². The molecule has 1 aliphatic rings. The van der Waals surface area contributed by atoms with Crippen LogP contribution in [0.3, 0.4) is 0 Å². The number of rotatable bonds is 5. The van der Waals surface area contributed by atoms with E-state index in [2.05, 4.69) is 15.2 Å². The van der Waals surface area contributed by atoms with Crippen molar-refractivity contribution < 1.29 is 18.3 Å². The van der Waals surface area contributed by atoms with Gasteiger partial charge >= 0.3 is 0 Å². The van der Waals surface area contributed by atoms with Crippen molar-refractivity contribution >= 4 is 17.2 Å². The van der Waals surface area contributed by atoms with Crippen LogP contribution in [0.2, 0.25) is 0 Å². The van der Waals surface area contributed by atoms with E-state index in [-0.39, 0.29) is 17.8 Å². The number of ether oxygens (including phenoxy) is 1. The van der Waals surface area contributed by atoms with Gasteiger partial charge in [-0.1, -0.05) is 30.3 Å². The second-order valence-electron chi connectivity index (χ2n) is 7.72. The molecule has 0 bridgehead atoms.